The van der Waals surface area contributed by atoms with Gasteiger partial charge in [0.15, 0.2) is 0 Å². The highest BCUT2D eigenvalue weighted by molar-refractivity contribution is 6.06. The first-order valence-corrected chi connectivity index (χ1v) is 18.1. The predicted molar refractivity (Wildman–Crippen MR) is 217 cm³/mol. The summed E-state index contributed by atoms with van der Waals surface area (Å²) >= 11 is 0. The number of rotatable bonds is 6. The molecule has 0 saturated heterocycles. The van der Waals surface area contributed by atoms with Crippen molar-refractivity contribution in [2.45, 2.75) is 41.5 Å². The summed E-state index contributed by atoms with van der Waals surface area (Å²) in [6.07, 6.45) is 0. The van der Waals surface area contributed by atoms with Crippen molar-refractivity contribution in [1.29, 1.82) is 0 Å². The maximum Gasteiger partial charge on any atom is 0.268 e. The fourth-order valence-corrected chi connectivity index (χ4v) is 8.36. The molecule has 10 nitrogen and oxygen atoms in total. The van der Waals surface area contributed by atoms with Crippen LogP contribution in [-0.2, 0) is 0 Å². The quantitative estimate of drug-likeness (QED) is 0.257. The summed E-state index contributed by atoms with van der Waals surface area (Å²) in [5, 5.41) is 0.433. The van der Waals surface area contributed by atoms with Gasteiger partial charge in [0, 0.05) is 11.1 Å². The molecule has 0 atom stereocenters. The van der Waals surface area contributed by atoms with Crippen LogP contribution in [0.3, 0.4) is 0 Å². The monoisotopic (exact) mass is 742 g/mol. The van der Waals surface area contributed by atoms with Crippen LogP contribution in [-0.4, -0.2) is 23.4 Å². The number of hydrogen-bond donors (Lipinski definition) is 0. The normalized spacial score (nSPS) is 13.1. The van der Waals surface area contributed by atoms with Crippen molar-refractivity contribution in [1.82, 2.24) is 9.13 Å². The Balaban J connectivity index is 1.71. The molecular formula is C46H38N4O6. The molecule has 0 saturated carbocycles. The first-order chi connectivity index (χ1) is 26.8. The Bertz CT molecular complexity index is 3000. The van der Waals surface area contributed by atoms with E-state index < -0.39 is 22.2 Å². The second kappa shape index (κ2) is 13.4. The summed E-state index contributed by atoms with van der Waals surface area (Å²) in [5.41, 5.74) is 4.59. The van der Waals surface area contributed by atoms with E-state index in [2.05, 4.69) is 0 Å². The van der Waals surface area contributed by atoms with Crippen LogP contribution < -0.4 is 52.9 Å². The van der Waals surface area contributed by atoms with Crippen LogP contribution in [0.25, 0.3) is 22.5 Å². The molecule has 278 valence electrons. The lowest BCUT2D eigenvalue weighted by molar-refractivity contribution is 0.416. The second-order valence-corrected chi connectivity index (χ2v) is 14.3. The molecule has 0 fully saturated rings. The molecular weight excluding hydrogens is 705 g/mol. The van der Waals surface area contributed by atoms with Crippen molar-refractivity contribution >= 4 is 22.5 Å². The van der Waals surface area contributed by atoms with E-state index in [1.54, 1.807) is 60.7 Å². The minimum atomic E-state index is -0.634. The first kappa shape index (κ1) is 36.1. The van der Waals surface area contributed by atoms with E-state index in [4.69, 9.17) is 19.5 Å². The maximum absolute atomic E-state index is 15.1. The van der Waals surface area contributed by atoms with Gasteiger partial charge in [-0.1, -0.05) is 59.7 Å². The van der Waals surface area contributed by atoms with Gasteiger partial charge in [-0.25, -0.2) is 19.1 Å². The third kappa shape index (κ3) is 5.47. The third-order valence-electron chi connectivity index (χ3n) is 10.4. The van der Waals surface area contributed by atoms with Gasteiger partial charge in [-0.05, 0) is 100 Å². The molecule has 4 aliphatic rings. The lowest BCUT2D eigenvalue weighted by Crippen LogP contribution is -2.59. The van der Waals surface area contributed by atoms with E-state index in [0.717, 1.165) is 33.4 Å². The smallest absolute Gasteiger partial charge is 0.268 e. The van der Waals surface area contributed by atoms with Gasteiger partial charge in [-0.3, -0.25) is 19.2 Å². The van der Waals surface area contributed by atoms with E-state index in [-0.39, 0.29) is 43.4 Å². The highest BCUT2D eigenvalue weighted by Gasteiger charge is 2.33. The van der Waals surface area contributed by atoms with Gasteiger partial charge in [0.1, 0.15) is 22.9 Å². The van der Waals surface area contributed by atoms with Crippen LogP contribution in [0.1, 0.15) is 44.5 Å². The molecule has 2 aliphatic heterocycles. The number of aryl methyl sites for hydroxylation is 6. The van der Waals surface area contributed by atoms with Crippen LogP contribution in [0, 0.1) is 41.5 Å². The largest absolute Gasteiger partial charge is 0.494 e. The van der Waals surface area contributed by atoms with E-state index in [1.807, 2.05) is 65.8 Å². The van der Waals surface area contributed by atoms with Gasteiger partial charge in [0.05, 0.1) is 57.9 Å². The van der Waals surface area contributed by atoms with E-state index >= 15 is 19.2 Å². The molecule has 10 heteroatoms. The standard InChI is InChI=1S/C46H38N4O6/c1-23-17-25(3)41(26(4)18-23)49-43(51)29-21-34(48-32-14-10-12-16-36(32)56-8)40-38-30(44(52)50(46(40)54)42-27(5)19-24(2)20-28(42)6)22-33(39(37(29)38)45(49)53)47-31-13-9-11-15-35(31)55-7/h9-22H,1-8H3. The average molecular weight is 743 g/mol. The molecule has 0 amide bonds. The van der Waals surface area contributed by atoms with Crippen LogP contribution in [0.2, 0.25) is 0 Å². The number of nitrogens with zero attached hydrogens (tertiary/aromatic N) is 4. The fraction of sp³-hybridized carbons (Fsp3) is 0.174. The summed E-state index contributed by atoms with van der Waals surface area (Å²) in [6, 6.07) is 24.9. The van der Waals surface area contributed by atoms with Crippen molar-refractivity contribution in [3.05, 3.63) is 192 Å². The Morgan fingerprint density at radius 3 is 1.14 bits per heavy atom. The van der Waals surface area contributed by atoms with Gasteiger partial charge in [0.2, 0.25) is 0 Å². The Labute approximate surface area is 321 Å². The van der Waals surface area contributed by atoms with Gasteiger partial charge in [-0.15, -0.1) is 0 Å². The molecule has 0 N–H and O–H groups in total. The number of para-hydroxylation sites is 4. The molecule has 56 heavy (non-hydrogen) atoms. The van der Waals surface area contributed by atoms with Gasteiger partial charge < -0.3 is 9.47 Å². The molecule has 8 rings (SSSR count). The van der Waals surface area contributed by atoms with Gasteiger partial charge in [0.25, 0.3) is 22.2 Å². The molecule has 2 aliphatic carbocycles. The highest BCUT2D eigenvalue weighted by atomic mass is 16.5. The predicted octanol–water partition coefficient (Wildman–Crippen LogP) is 4.20. The maximum atomic E-state index is 15.1. The lowest BCUT2D eigenvalue weighted by atomic mass is 9.84. The zero-order chi connectivity index (χ0) is 39.7. The molecule has 2 heterocycles. The molecule has 4 aromatic rings. The average Bonchev–Trinajstić information content (AvgIpc) is 3.15. The van der Waals surface area contributed by atoms with Gasteiger partial charge >= 0.3 is 0 Å². The Morgan fingerprint density at radius 1 is 0.464 bits per heavy atom. The number of benzene rings is 4. The zero-order valence-electron chi connectivity index (χ0n) is 32.3. The van der Waals surface area contributed by atoms with Crippen LogP contribution in [0.5, 0.6) is 11.5 Å². The highest BCUT2D eigenvalue weighted by Crippen LogP contribution is 2.30. The van der Waals surface area contributed by atoms with E-state index in [0.29, 0.717) is 34.2 Å². The van der Waals surface area contributed by atoms with E-state index in [1.165, 1.54) is 23.4 Å². The Morgan fingerprint density at radius 2 is 0.804 bits per heavy atom. The molecule has 0 unspecified atom stereocenters. The second-order valence-electron chi connectivity index (χ2n) is 14.3. The van der Waals surface area contributed by atoms with Crippen molar-refractivity contribution in [3.8, 4) is 22.9 Å². The number of aromatic nitrogens is 2. The van der Waals surface area contributed by atoms with Crippen LogP contribution in [0.15, 0.2) is 114 Å². The summed E-state index contributed by atoms with van der Waals surface area (Å²) in [5.74, 6) is 0.881. The topological polar surface area (TPSA) is 121 Å². The minimum absolute atomic E-state index is 0.0745. The Kier molecular flexibility index (Phi) is 8.64. The molecule has 0 aromatic heterocycles. The summed E-state index contributed by atoms with van der Waals surface area (Å²) in [7, 11) is 3.04. The SMILES string of the molecule is COc1ccccc1N=c1cc2c(=O)n(-c3c(C)cc(C)cc3C)c(=O)c3c(=Nc4ccccc4OC)cc4c(=O)n(-c5c(C)cc(C)cc5C)c(=O)c1=C4C=32. The summed E-state index contributed by atoms with van der Waals surface area (Å²) < 4.78 is 13.6. The van der Waals surface area contributed by atoms with E-state index in [9.17, 15) is 0 Å². The molecule has 0 bridgehead atoms. The van der Waals surface area contributed by atoms with Crippen molar-refractivity contribution < 1.29 is 9.47 Å². The van der Waals surface area contributed by atoms with Crippen LogP contribution in [0.4, 0.5) is 11.4 Å². The summed E-state index contributed by atoms with van der Waals surface area (Å²) in [4.78, 5) is 70.2. The number of hydrogen-bond acceptors (Lipinski definition) is 8. The Hall–Kier alpha value is -6.94. The number of methoxy groups -OCH3 is 2. The van der Waals surface area contributed by atoms with Gasteiger partial charge in [-0.2, -0.15) is 0 Å². The zero-order valence-corrected chi connectivity index (χ0v) is 32.3. The first-order valence-electron chi connectivity index (χ1n) is 18.1. The van der Waals surface area contributed by atoms with Crippen LogP contribution >= 0.6 is 0 Å². The third-order valence-corrected chi connectivity index (χ3v) is 10.4. The van der Waals surface area contributed by atoms with Crippen molar-refractivity contribution in [2.75, 3.05) is 14.2 Å². The lowest BCUT2D eigenvalue weighted by Gasteiger charge is -2.24. The molecule has 4 aromatic carbocycles. The number of ether oxygens (including phenoxy) is 2. The van der Waals surface area contributed by atoms with Crippen molar-refractivity contribution in [2.24, 2.45) is 9.98 Å². The molecule has 0 spiro atoms. The minimum Gasteiger partial charge on any atom is -0.494 e. The van der Waals surface area contributed by atoms with Crippen molar-refractivity contribution in [3.63, 3.8) is 0 Å². The molecule has 0 radical (unpaired) electrons. The summed E-state index contributed by atoms with van der Waals surface area (Å²) in [6.45, 7) is 11.3. The fourth-order valence-electron chi connectivity index (χ4n) is 8.36.